The molecule has 1 saturated heterocycles. The number of amides is 1. The molecule has 1 heterocycles. The van der Waals surface area contributed by atoms with Gasteiger partial charge in [0, 0.05) is 20.2 Å². The van der Waals surface area contributed by atoms with Crippen LogP contribution in [-0.2, 0) is 9.53 Å². The summed E-state index contributed by atoms with van der Waals surface area (Å²) in [5.74, 6) is 0.691. The predicted molar refractivity (Wildman–Crippen MR) is 66.7 cm³/mol. The summed E-state index contributed by atoms with van der Waals surface area (Å²) in [6.07, 6.45) is 2.99. The van der Waals surface area contributed by atoms with Crippen LogP contribution in [0.3, 0.4) is 0 Å². The molecule has 16 heavy (non-hydrogen) atoms. The van der Waals surface area contributed by atoms with Crippen LogP contribution in [0.5, 0.6) is 0 Å². The van der Waals surface area contributed by atoms with Gasteiger partial charge in [0.15, 0.2) is 0 Å². The molecule has 0 spiro atoms. The van der Waals surface area contributed by atoms with E-state index in [9.17, 15) is 4.79 Å². The quantitative estimate of drug-likeness (QED) is 0.811. The molecule has 1 aliphatic heterocycles. The normalized spacial score (nSPS) is 22.4. The highest BCUT2D eigenvalue weighted by Gasteiger charge is 2.26. The minimum atomic E-state index is -0.318. The van der Waals surface area contributed by atoms with Crippen LogP contribution in [0.15, 0.2) is 0 Å². The van der Waals surface area contributed by atoms with Gasteiger partial charge in [-0.05, 0) is 38.6 Å². The molecule has 1 fully saturated rings. The summed E-state index contributed by atoms with van der Waals surface area (Å²) in [6, 6.07) is 0. The average molecular weight is 251 g/mol. The van der Waals surface area contributed by atoms with Gasteiger partial charge in [0.05, 0.1) is 0 Å². The van der Waals surface area contributed by atoms with E-state index in [1.54, 1.807) is 14.0 Å². The van der Waals surface area contributed by atoms with Crippen LogP contribution in [0.25, 0.3) is 0 Å². The van der Waals surface area contributed by atoms with Crippen molar-refractivity contribution in [2.45, 2.75) is 32.3 Å². The highest BCUT2D eigenvalue weighted by molar-refractivity contribution is 5.85. The number of hydrogen-bond donors (Lipinski definition) is 1. The molecule has 1 rings (SSSR count). The second kappa shape index (κ2) is 7.87. The molecule has 0 aromatic carbocycles. The molecular formula is C11H23ClN2O2. The minimum Gasteiger partial charge on any atom is -0.372 e. The van der Waals surface area contributed by atoms with E-state index in [-0.39, 0.29) is 24.4 Å². The van der Waals surface area contributed by atoms with Crippen molar-refractivity contribution in [3.8, 4) is 0 Å². The van der Waals surface area contributed by atoms with Gasteiger partial charge in [0.1, 0.15) is 6.10 Å². The lowest BCUT2D eigenvalue weighted by molar-refractivity contribution is -0.142. The van der Waals surface area contributed by atoms with E-state index in [0.717, 1.165) is 25.9 Å². The van der Waals surface area contributed by atoms with Crippen LogP contribution in [0.1, 0.15) is 26.2 Å². The Morgan fingerprint density at radius 1 is 1.62 bits per heavy atom. The molecule has 5 heteroatoms. The summed E-state index contributed by atoms with van der Waals surface area (Å²) < 4.78 is 5.04. The van der Waals surface area contributed by atoms with E-state index in [4.69, 9.17) is 10.5 Å². The van der Waals surface area contributed by atoms with Gasteiger partial charge in [-0.2, -0.15) is 0 Å². The van der Waals surface area contributed by atoms with Crippen molar-refractivity contribution in [2.24, 2.45) is 11.7 Å². The predicted octanol–water partition coefficient (Wildman–Crippen LogP) is 1.03. The summed E-state index contributed by atoms with van der Waals surface area (Å²) in [5.41, 5.74) is 5.54. The number of methoxy groups -OCH3 is 1. The van der Waals surface area contributed by atoms with Crippen LogP contribution < -0.4 is 5.73 Å². The Labute approximate surface area is 104 Å². The number of ether oxygens (including phenoxy) is 1. The second-order valence-corrected chi connectivity index (χ2v) is 4.25. The fourth-order valence-electron chi connectivity index (χ4n) is 2.09. The largest absolute Gasteiger partial charge is 0.372 e. The molecule has 0 aromatic heterocycles. The number of carbonyl (C=O) groups is 1. The molecule has 2 N–H and O–H groups in total. The zero-order chi connectivity index (χ0) is 11.3. The van der Waals surface area contributed by atoms with Crippen molar-refractivity contribution in [1.82, 2.24) is 4.90 Å². The van der Waals surface area contributed by atoms with E-state index >= 15 is 0 Å². The van der Waals surface area contributed by atoms with Gasteiger partial charge in [0.2, 0.25) is 0 Å². The Balaban J connectivity index is 0.00000225. The molecule has 2 unspecified atom stereocenters. The zero-order valence-electron chi connectivity index (χ0n) is 10.1. The second-order valence-electron chi connectivity index (χ2n) is 4.25. The van der Waals surface area contributed by atoms with Crippen LogP contribution in [0.4, 0.5) is 0 Å². The summed E-state index contributed by atoms with van der Waals surface area (Å²) in [4.78, 5) is 13.8. The fourth-order valence-corrected chi connectivity index (χ4v) is 2.09. The van der Waals surface area contributed by atoms with Gasteiger partial charge in [-0.3, -0.25) is 4.79 Å². The van der Waals surface area contributed by atoms with Crippen molar-refractivity contribution < 1.29 is 9.53 Å². The highest BCUT2D eigenvalue weighted by atomic mass is 35.5. The number of likely N-dealkylation sites (tertiary alicyclic amines) is 1. The van der Waals surface area contributed by atoms with Crippen molar-refractivity contribution in [2.75, 3.05) is 26.7 Å². The summed E-state index contributed by atoms with van der Waals surface area (Å²) in [5, 5.41) is 0. The maximum Gasteiger partial charge on any atom is 0.251 e. The Morgan fingerprint density at radius 2 is 2.31 bits per heavy atom. The first-order valence-corrected chi connectivity index (χ1v) is 5.70. The smallest absolute Gasteiger partial charge is 0.251 e. The maximum atomic E-state index is 11.8. The molecule has 0 aliphatic carbocycles. The Bertz CT molecular complexity index is 212. The molecule has 0 bridgehead atoms. The third-order valence-electron chi connectivity index (χ3n) is 3.11. The Kier molecular flexibility index (Phi) is 7.72. The molecule has 0 aromatic rings. The average Bonchev–Trinajstić information content (AvgIpc) is 2.28. The van der Waals surface area contributed by atoms with Crippen molar-refractivity contribution in [3.63, 3.8) is 0 Å². The highest BCUT2D eigenvalue weighted by Crippen LogP contribution is 2.19. The van der Waals surface area contributed by atoms with Gasteiger partial charge in [-0.25, -0.2) is 0 Å². The van der Waals surface area contributed by atoms with Crippen LogP contribution in [0, 0.1) is 5.92 Å². The first-order valence-electron chi connectivity index (χ1n) is 5.70. The topological polar surface area (TPSA) is 55.6 Å². The number of piperidine rings is 1. The number of hydrogen-bond acceptors (Lipinski definition) is 3. The molecule has 1 amide bonds. The van der Waals surface area contributed by atoms with E-state index in [2.05, 4.69) is 0 Å². The molecule has 4 nitrogen and oxygen atoms in total. The first kappa shape index (κ1) is 15.7. The molecule has 0 saturated carbocycles. The van der Waals surface area contributed by atoms with Gasteiger partial charge in [-0.15, -0.1) is 12.4 Å². The number of nitrogens with zero attached hydrogens (tertiary/aromatic N) is 1. The lowest BCUT2D eigenvalue weighted by atomic mass is 9.94. The number of halogens is 1. The van der Waals surface area contributed by atoms with Crippen LogP contribution >= 0.6 is 12.4 Å². The monoisotopic (exact) mass is 250 g/mol. The lowest BCUT2D eigenvalue weighted by Gasteiger charge is -2.33. The van der Waals surface area contributed by atoms with E-state index in [1.807, 2.05) is 4.90 Å². The Hall–Kier alpha value is -0.320. The molecule has 1 aliphatic rings. The molecular weight excluding hydrogens is 228 g/mol. The SMILES string of the molecule is COC(C)C(=O)N1CCCC(CCN)C1.Cl. The van der Waals surface area contributed by atoms with Crippen molar-refractivity contribution >= 4 is 18.3 Å². The summed E-state index contributed by atoms with van der Waals surface area (Å²) >= 11 is 0. The number of carbonyl (C=O) groups excluding carboxylic acids is 1. The molecule has 0 radical (unpaired) electrons. The van der Waals surface area contributed by atoms with Gasteiger partial charge < -0.3 is 15.4 Å². The third-order valence-corrected chi connectivity index (χ3v) is 3.11. The van der Waals surface area contributed by atoms with E-state index < -0.39 is 0 Å². The van der Waals surface area contributed by atoms with Crippen molar-refractivity contribution in [3.05, 3.63) is 0 Å². The maximum absolute atomic E-state index is 11.8. The van der Waals surface area contributed by atoms with Gasteiger partial charge in [0.25, 0.3) is 5.91 Å². The van der Waals surface area contributed by atoms with Crippen LogP contribution in [0.2, 0.25) is 0 Å². The third kappa shape index (κ3) is 4.28. The zero-order valence-corrected chi connectivity index (χ0v) is 11.0. The fraction of sp³-hybridized carbons (Fsp3) is 0.909. The minimum absolute atomic E-state index is 0. The van der Waals surface area contributed by atoms with Gasteiger partial charge >= 0.3 is 0 Å². The molecule has 2 atom stereocenters. The summed E-state index contributed by atoms with van der Waals surface area (Å²) in [6.45, 7) is 4.23. The standard InChI is InChI=1S/C11H22N2O2.ClH/c1-9(15-2)11(14)13-7-3-4-10(8-13)5-6-12;/h9-10H,3-8,12H2,1-2H3;1H. The van der Waals surface area contributed by atoms with E-state index in [1.165, 1.54) is 6.42 Å². The van der Waals surface area contributed by atoms with Crippen molar-refractivity contribution in [1.29, 1.82) is 0 Å². The van der Waals surface area contributed by atoms with E-state index in [0.29, 0.717) is 12.5 Å². The summed E-state index contributed by atoms with van der Waals surface area (Å²) in [7, 11) is 1.57. The molecule has 96 valence electrons. The Morgan fingerprint density at radius 3 is 2.88 bits per heavy atom. The van der Waals surface area contributed by atoms with Crippen LogP contribution in [-0.4, -0.2) is 43.7 Å². The van der Waals surface area contributed by atoms with Gasteiger partial charge in [-0.1, -0.05) is 0 Å². The first-order chi connectivity index (χ1) is 7.19. The number of rotatable bonds is 4. The number of nitrogens with two attached hydrogens (primary N) is 1. The lowest BCUT2D eigenvalue weighted by Crippen LogP contribution is -2.45.